The van der Waals surface area contributed by atoms with Crippen LogP contribution in [-0.2, 0) is 4.79 Å². The third-order valence-corrected chi connectivity index (χ3v) is 5.34. The van der Waals surface area contributed by atoms with Crippen molar-refractivity contribution in [2.24, 2.45) is 5.92 Å². The van der Waals surface area contributed by atoms with Gasteiger partial charge in [0.1, 0.15) is 11.6 Å². The minimum absolute atomic E-state index is 0. The molecule has 2 aromatic rings. The lowest BCUT2D eigenvalue weighted by atomic mass is 9.92. The zero-order valence-corrected chi connectivity index (χ0v) is 17.5. The van der Waals surface area contributed by atoms with Crippen LogP contribution in [0.4, 0.5) is 8.78 Å². The Morgan fingerprint density at radius 1 is 0.933 bits per heavy atom. The van der Waals surface area contributed by atoms with E-state index in [1.807, 2.05) is 0 Å². The van der Waals surface area contributed by atoms with Crippen LogP contribution < -0.4 is 0 Å². The van der Waals surface area contributed by atoms with Crippen LogP contribution in [0.5, 0.6) is 0 Å². The van der Waals surface area contributed by atoms with Gasteiger partial charge < -0.3 is 4.90 Å². The summed E-state index contributed by atoms with van der Waals surface area (Å²) in [6.07, 6.45) is 6.12. The van der Waals surface area contributed by atoms with Crippen LogP contribution in [0.1, 0.15) is 41.6 Å². The molecule has 1 aliphatic heterocycles. The summed E-state index contributed by atoms with van der Waals surface area (Å²) in [5, 5.41) is 0. The summed E-state index contributed by atoms with van der Waals surface area (Å²) in [6, 6.07) is 11.7. The summed E-state index contributed by atoms with van der Waals surface area (Å²) < 4.78 is 25.8. The van der Waals surface area contributed by atoms with Crippen LogP contribution in [0, 0.1) is 17.6 Å². The Kier molecular flexibility index (Phi) is 9.34. The number of allylic oxidation sites excluding steroid dienone is 1. The van der Waals surface area contributed by atoms with E-state index in [0.29, 0.717) is 12.0 Å². The Morgan fingerprint density at radius 3 is 2.10 bits per heavy atom. The predicted molar refractivity (Wildman–Crippen MR) is 117 cm³/mol. The number of Topliss-reactive ketones (excluding diaryl/α,β-unsaturated/α-hetero) is 1. The van der Waals surface area contributed by atoms with Gasteiger partial charge in [-0.2, -0.15) is 0 Å². The van der Waals surface area contributed by atoms with Crippen LogP contribution in [0.15, 0.2) is 54.6 Å². The van der Waals surface area contributed by atoms with Crippen molar-refractivity contribution >= 4 is 30.0 Å². The molecule has 1 fully saturated rings. The normalized spacial score (nSPS) is 15.1. The Hall–Kier alpha value is -2.37. The van der Waals surface area contributed by atoms with Gasteiger partial charge in [0, 0.05) is 17.9 Å². The number of halogens is 3. The van der Waals surface area contributed by atoms with Crippen molar-refractivity contribution < 1.29 is 18.4 Å². The van der Waals surface area contributed by atoms with Gasteiger partial charge in [0.25, 0.3) is 0 Å². The molecule has 0 atom stereocenters. The molecule has 1 saturated heterocycles. The predicted octanol–water partition coefficient (Wildman–Crippen LogP) is 5.34. The highest BCUT2D eigenvalue weighted by Crippen LogP contribution is 2.20. The van der Waals surface area contributed by atoms with E-state index in [-0.39, 0.29) is 41.5 Å². The first-order chi connectivity index (χ1) is 14.0. The molecule has 0 aliphatic carbocycles. The third kappa shape index (κ3) is 7.15. The first kappa shape index (κ1) is 23.9. The number of rotatable bonds is 8. The molecule has 0 unspecified atom stereocenters. The molecule has 30 heavy (non-hydrogen) atoms. The van der Waals surface area contributed by atoms with E-state index in [1.165, 1.54) is 36.4 Å². The fourth-order valence-corrected chi connectivity index (χ4v) is 3.57. The molecule has 1 heterocycles. The average molecular weight is 434 g/mol. The first-order valence-electron chi connectivity index (χ1n) is 10.00. The highest BCUT2D eigenvalue weighted by atomic mass is 35.5. The fraction of sp³-hybridized carbons (Fsp3) is 0.333. The first-order valence-corrected chi connectivity index (χ1v) is 10.00. The third-order valence-electron chi connectivity index (χ3n) is 5.34. The minimum Gasteiger partial charge on any atom is -0.303 e. The average Bonchev–Trinajstić information content (AvgIpc) is 2.74. The maximum Gasteiger partial charge on any atom is 0.162 e. The standard InChI is InChI=1S/C24H25F2NO2.ClH/c25-21-8-3-18(4-9-21)5-12-24(29)20-13-16-27(17-14-20)15-1-2-23(28)19-6-10-22(26)11-7-19;/h3-12,20H,1-2,13-17H2;1H. The van der Waals surface area contributed by atoms with E-state index >= 15 is 0 Å². The highest BCUT2D eigenvalue weighted by molar-refractivity contribution is 5.96. The van der Waals surface area contributed by atoms with Gasteiger partial charge in [-0.15, -0.1) is 12.4 Å². The lowest BCUT2D eigenvalue weighted by Gasteiger charge is -2.30. The molecule has 0 aromatic heterocycles. The molecule has 0 bridgehead atoms. The van der Waals surface area contributed by atoms with Gasteiger partial charge >= 0.3 is 0 Å². The molecule has 2 aromatic carbocycles. The van der Waals surface area contributed by atoms with Gasteiger partial charge in [0.05, 0.1) is 0 Å². The molecule has 0 radical (unpaired) electrons. The highest BCUT2D eigenvalue weighted by Gasteiger charge is 2.23. The largest absolute Gasteiger partial charge is 0.303 e. The van der Waals surface area contributed by atoms with Crippen molar-refractivity contribution in [2.75, 3.05) is 19.6 Å². The molecule has 0 saturated carbocycles. The summed E-state index contributed by atoms with van der Waals surface area (Å²) in [7, 11) is 0. The lowest BCUT2D eigenvalue weighted by Crippen LogP contribution is -2.36. The maximum atomic E-state index is 12.9. The summed E-state index contributed by atoms with van der Waals surface area (Å²) in [6.45, 7) is 2.50. The van der Waals surface area contributed by atoms with Crippen molar-refractivity contribution in [3.8, 4) is 0 Å². The monoisotopic (exact) mass is 433 g/mol. The molecule has 3 nitrogen and oxygen atoms in total. The molecule has 160 valence electrons. The second kappa shape index (κ2) is 11.7. The fourth-order valence-electron chi connectivity index (χ4n) is 3.57. The molecule has 6 heteroatoms. The van der Waals surface area contributed by atoms with E-state index < -0.39 is 0 Å². The Labute approximate surface area is 182 Å². The second-order valence-electron chi connectivity index (χ2n) is 7.44. The van der Waals surface area contributed by atoms with Crippen LogP contribution >= 0.6 is 12.4 Å². The Morgan fingerprint density at radius 2 is 1.50 bits per heavy atom. The zero-order chi connectivity index (χ0) is 20.6. The Bertz CT molecular complexity index is 858. The van der Waals surface area contributed by atoms with Gasteiger partial charge in [-0.05, 0) is 86.9 Å². The van der Waals surface area contributed by atoms with Crippen LogP contribution in [-0.4, -0.2) is 36.1 Å². The van der Waals surface area contributed by atoms with Crippen molar-refractivity contribution in [2.45, 2.75) is 25.7 Å². The van der Waals surface area contributed by atoms with Crippen molar-refractivity contribution in [3.05, 3.63) is 77.4 Å². The number of piperidine rings is 1. The van der Waals surface area contributed by atoms with Gasteiger partial charge in [0.2, 0.25) is 0 Å². The van der Waals surface area contributed by atoms with E-state index in [1.54, 1.807) is 24.3 Å². The smallest absolute Gasteiger partial charge is 0.162 e. The number of carbonyl (C=O) groups excluding carboxylic acids is 2. The summed E-state index contributed by atoms with van der Waals surface area (Å²) in [4.78, 5) is 26.8. The number of likely N-dealkylation sites (tertiary alicyclic amines) is 1. The quantitative estimate of drug-likeness (QED) is 0.416. The van der Waals surface area contributed by atoms with Crippen molar-refractivity contribution in [3.63, 3.8) is 0 Å². The van der Waals surface area contributed by atoms with Crippen LogP contribution in [0.2, 0.25) is 0 Å². The second-order valence-corrected chi connectivity index (χ2v) is 7.44. The topological polar surface area (TPSA) is 37.4 Å². The Balaban J connectivity index is 0.00000320. The molecule has 0 N–H and O–H groups in total. The number of ketones is 2. The van der Waals surface area contributed by atoms with Crippen LogP contribution in [0.3, 0.4) is 0 Å². The number of carbonyl (C=O) groups is 2. The van der Waals surface area contributed by atoms with E-state index in [0.717, 1.165) is 44.5 Å². The molecule has 0 amide bonds. The number of nitrogens with zero attached hydrogens (tertiary/aromatic N) is 1. The molecule has 3 rings (SSSR count). The van der Waals surface area contributed by atoms with Gasteiger partial charge in [-0.1, -0.05) is 18.2 Å². The number of hydrogen-bond acceptors (Lipinski definition) is 3. The summed E-state index contributed by atoms with van der Waals surface area (Å²) >= 11 is 0. The van der Waals surface area contributed by atoms with Crippen molar-refractivity contribution in [1.29, 1.82) is 0 Å². The number of benzene rings is 2. The molecular formula is C24H26ClF2NO2. The van der Waals surface area contributed by atoms with Gasteiger partial charge in [-0.25, -0.2) is 8.78 Å². The summed E-state index contributed by atoms with van der Waals surface area (Å²) in [5.41, 5.74) is 1.35. The summed E-state index contributed by atoms with van der Waals surface area (Å²) in [5.74, 6) is -0.475. The van der Waals surface area contributed by atoms with Gasteiger partial charge in [-0.3, -0.25) is 9.59 Å². The van der Waals surface area contributed by atoms with Gasteiger partial charge in [0.15, 0.2) is 11.6 Å². The molecule has 0 spiro atoms. The molecule has 1 aliphatic rings. The van der Waals surface area contributed by atoms with E-state index in [4.69, 9.17) is 0 Å². The lowest BCUT2D eigenvalue weighted by molar-refractivity contribution is -0.119. The number of hydrogen-bond donors (Lipinski definition) is 0. The van der Waals surface area contributed by atoms with E-state index in [9.17, 15) is 18.4 Å². The zero-order valence-electron chi connectivity index (χ0n) is 16.7. The maximum absolute atomic E-state index is 12.9. The minimum atomic E-state index is -0.341. The molecular weight excluding hydrogens is 408 g/mol. The SMILES string of the molecule is Cl.O=C(CCCN1CCC(C(=O)C=Cc2ccc(F)cc2)CC1)c1ccc(F)cc1. The van der Waals surface area contributed by atoms with E-state index in [2.05, 4.69) is 4.90 Å². The van der Waals surface area contributed by atoms with Crippen molar-refractivity contribution in [1.82, 2.24) is 4.90 Å². The van der Waals surface area contributed by atoms with Crippen LogP contribution in [0.25, 0.3) is 6.08 Å².